The van der Waals surface area contributed by atoms with Crippen molar-refractivity contribution in [3.8, 4) is 17.3 Å². The van der Waals surface area contributed by atoms with Gasteiger partial charge in [-0.25, -0.2) is 4.45 Å². The molecular formula is C19H17ClIN6O2P. The highest BCUT2D eigenvalue weighted by Crippen LogP contribution is 2.26. The molecule has 3 rings (SSSR count). The van der Waals surface area contributed by atoms with Crippen molar-refractivity contribution in [2.75, 3.05) is 0 Å². The average Bonchev–Trinajstić information content (AvgIpc) is 3.34. The van der Waals surface area contributed by atoms with Crippen LogP contribution in [0.3, 0.4) is 0 Å². The van der Waals surface area contributed by atoms with Crippen LogP contribution in [-0.4, -0.2) is 37.1 Å². The van der Waals surface area contributed by atoms with Gasteiger partial charge in [-0.1, -0.05) is 17.7 Å². The summed E-state index contributed by atoms with van der Waals surface area (Å²) in [7, 11) is 0. The molecular weight excluding hydrogens is 538 g/mol. The number of nitriles is 1. The number of amides is 1. The van der Waals surface area contributed by atoms with Crippen molar-refractivity contribution >= 4 is 51.7 Å². The number of nitrogens with one attached hydrogen (secondary N) is 1. The van der Waals surface area contributed by atoms with Crippen LogP contribution in [0.15, 0.2) is 36.5 Å². The van der Waals surface area contributed by atoms with Crippen LogP contribution >= 0.6 is 40.0 Å². The van der Waals surface area contributed by atoms with Gasteiger partial charge >= 0.3 is 0 Å². The van der Waals surface area contributed by atoms with E-state index in [1.54, 1.807) is 22.9 Å². The topological polar surface area (TPSA) is 106 Å². The molecule has 0 spiro atoms. The summed E-state index contributed by atoms with van der Waals surface area (Å²) < 4.78 is 3.25. The Labute approximate surface area is 192 Å². The van der Waals surface area contributed by atoms with Gasteiger partial charge in [-0.2, -0.15) is 15.5 Å². The largest absolute Gasteiger partial charge is 0.346 e. The molecule has 0 bridgehead atoms. The van der Waals surface area contributed by atoms with Crippen molar-refractivity contribution in [3.05, 3.63) is 58.5 Å². The van der Waals surface area contributed by atoms with Crippen molar-refractivity contribution in [2.45, 2.75) is 26.4 Å². The lowest BCUT2D eigenvalue weighted by Crippen LogP contribution is -2.36. The molecule has 1 aromatic carbocycles. The lowest BCUT2D eigenvalue weighted by Gasteiger charge is -2.13. The molecule has 3 aromatic rings. The minimum Gasteiger partial charge on any atom is -0.346 e. The van der Waals surface area contributed by atoms with Crippen molar-refractivity contribution in [2.24, 2.45) is 0 Å². The molecule has 8 nitrogen and oxygen atoms in total. The molecule has 1 unspecified atom stereocenters. The molecule has 2 atom stereocenters. The molecule has 1 N–H and O–H groups in total. The van der Waals surface area contributed by atoms with Gasteiger partial charge in [0.05, 0.1) is 29.2 Å². The van der Waals surface area contributed by atoms with E-state index in [0.29, 0.717) is 28.5 Å². The second-order valence-corrected chi connectivity index (χ2v) is 9.02. The van der Waals surface area contributed by atoms with E-state index < -0.39 is 0 Å². The first-order valence-electron chi connectivity index (χ1n) is 8.84. The van der Waals surface area contributed by atoms with Crippen LogP contribution < -0.4 is 5.32 Å². The Morgan fingerprint density at radius 3 is 2.70 bits per heavy atom. The fraction of sp³-hybridized carbons (Fsp3) is 0.211. The molecule has 0 saturated heterocycles. The Hall–Kier alpha value is -2.28. The summed E-state index contributed by atoms with van der Waals surface area (Å²) in [5.74, 6) is -0.476. The number of hydrogen-bond acceptors (Lipinski definition) is 5. The fourth-order valence-electron chi connectivity index (χ4n) is 2.81. The third-order valence-electron chi connectivity index (χ3n) is 4.25. The minimum absolute atomic E-state index is 0.134. The van der Waals surface area contributed by atoms with Crippen LogP contribution in [0.25, 0.3) is 11.3 Å². The molecule has 2 heterocycles. The van der Waals surface area contributed by atoms with E-state index >= 15 is 0 Å². The first-order chi connectivity index (χ1) is 14.3. The molecule has 0 radical (unpaired) electrons. The number of carbonyl (C=O) groups excluding carboxylic acids is 2. The average molecular weight is 555 g/mol. The van der Waals surface area contributed by atoms with Crippen molar-refractivity contribution in [1.29, 1.82) is 5.26 Å². The van der Waals surface area contributed by atoms with E-state index in [9.17, 15) is 9.59 Å². The van der Waals surface area contributed by atoms with Gasteiger partial charge in [-0.3, -0.25) is 14.3 Å². The molecule has 30 heavy (non-hydrogen) atoms. The highest BCUT2D eigenvalue weighted by Gasteiger charge is 2.18. The maximum Gasteiger partial charge on any atom is 0.272 e. The van der Waals surface area contributed by atoms with Gasteiger partial charge in [0.2, 0.25) is 0 Å². The summed E-state index contributed by atoms with van der Waals surface area (Å²) in [6.07, 6.45) is 2.04. The number of halogens is 2. The predicted octanol–water partition coefficient (Wildman–Crippen LogP) is 4.08. The second kappa shape index (κ2) is 9.69. The number of Topliss-reactive ketones (excluding diaryl/α,β-unsaturated/α-hetero) is 1. The third kappa shape index (κ3) is 5.06. The molecule has 0 saturated carbocycles. The van der Waals surface area contributed by atoms with E-state index in [4.69, 9.17) is 16.9 Å². The summed E-state index contributed by atoms with van der Waals surface area (Å²) in [4.78, 5) is 24.2. The van der Waals surface area contributed by atoms with Crippen LogP contribution in [0.1, 0.15) is 40.4 Å². The summed E-state index contributed by atoms with van der Waals surface area (Å²) in [6.45, 7) is 3.76. The molecule has 0 aliphatic heterocycles. The maximum atomic E-state index is 12.5. The van der Waals surface area contributed by atoms with E-state index in [-0.39, 0.29) is 29.8 Å². The van der Waals surface area contributed by atoms with E-state index in [1.165, 1.54) is 17.4 Å². The number of aromatic nitrogens is 4. The first-order valence-corrected chi connectivity index (χ1v) is 13.3. The van der Waals surface area contributed by atoms with E-state index in [1.807, 2.05) is 25.3 Å². The molecule has 11 heteroatoms. The molecule has 154 valence electrons. The Morgan fingerprint density at radius 1 is 1.33 bits per heavy atom. The lowest BCUT2D eigenvalue weighted by molar-refractivity contribution is 0.0930. The quantitative estimate of drug-likeness (QED) is 0.269. The molecule has 1 amide bonds. The summed E-state index contributed by atoms with van der Waals surface area (Å²) in [6, 6.07) is 10.3. The number of benzene rings is 1. The number of carbonyl (C=O) groups is 2. The zero-order chi connectivity index (χ0) is 21.8. The van der Waals surface area contributed by atoms with E-state index in [0.717, 1.165) is 5.56 Å². The Kier molecular flexibility index (Phi) is 7.23. The molecule has 0 fully saturated rings. The highest BCUT2D eigenvalue weighted by molar-refractivity contribution is 14.2. The predicted molar refractivity (Wildman–Crippen MR) is 124 cm³/mol. The smallest absolute Gasteiger partial charge is 0.272 e. The van der Waals surface area contributed by atoms with Gasteiger partial charge in [-0.05, 0) is 47.2 Å². The van der Waals surface area contributed by atoms with E-state index in [2.05, 4.69) is 37.6 Å². The summed E-state index contributed by atoms with van der Waals surface area (Å²) >= 11 is 8.21. The number of ketones is 1. The number of rotatable bonds is 7. The van der Waals surface area contributed by atoms with Gasteiger partial charge in [-0.15, -0.1) is 0 Å². The van der Waals surface area contributed by atoms with Gasteiger partial charge in [0.15, 0.2) is 11.5 Å². The van der Waals surface area contributed by atoms with Gasteiger partial charge in [0.1, 0.15) is 11.8 Å². The van der Waals surface area contributed by atoms with Crippen molar-refractivity contribution in [3.63, 3.8) is 0 Å². The minimum atomic E-state index is -0.343. The lowest BCUT2D eigenvalue weighted by atomic mass is 10.1. The Morgan fingerprint density at radius 2 is 2.10 bits per heavy atom. The van der Waals surface area contributed by atoms with Crippen LogP contribution in [0.2, 0.25) is 5.02 Å². The van der Waals surface area contributed by atoms with Gasteiger partial charge in [0.25, 0.3) is 5.91 Å². The Balaban J connectivity index is 1.66. The molecule has 0 aliphatic carbocycles. The monoisotopic (exact) mass is 554 g/mol. The van der Waals surface area contributed by atoms with Crippen LogP contribution in [-0.2, 0) is 6.54 Å². The van der Waals surface area contributed by atoms with Crippen LogP contribution in [0.5, 0.6) is 0 Å². The van der Waals surface area contributed by atoms with Crippen molar-refractivity contribution < 1.29 is 9.59 Å². The SMILES string of the molecule is CC(=O)c1cc(C(=O)N[C@@H](C)Cn2ccc(-c3ccc(C#N)c(Cl)c3)n2)nn1PI. The third-order valence-corrected chi connectivity index (χ3v) is 6.43. The van der Waals surface area contributed by atoms with Crippen LogP contribution in [0, 0.1) is 11.3 Å². The van der Waals surface area contributed by atoms with Gasteiger partial charge < -0.3 is 5.32 Å². The zero-order valence-corrected chi connectivity index (χ0v) is 20.0. The molecule has 2 aromatic heterocycles. The summed E-state index contributed by atoms with van der Waals surface area (Å²) in [5, 5.41) is 21.0. The highest BCUT2D eigenvalue weighted by atomic mass is 127. The molecule has 0 aliphatic rings. The number of nitrogens with zero attached hydrogens (tertiary/aromatic N) is 5. The summed E-state index contributed by atoms with van der Waals surface area (Å²) in [5.41, 5.74) is 2.56. The van der Waals surface area contributed by atoms with Gasteiger partial charge in [0, 0.05) is 30.8 Å². The second-order valence-electron chi connectivity index (χ2n) is 6.57. The zero-order valence-electron chi connectivity index (χ0n) is 16.1. The van der Waals surface area contributed by atoms with Crippen molar-refractivity contribution in [1.82, 2.24) is 24.6 Å². The van der Waals surface area contributed by atoms with Crippen LogP contribution in [0.4, 0.5) is 0 Å². The Bertz CT molecular complexity index is 1150. The number of hydrogen-bond donors (Lipinski definition) is 1. The fourth-order valence-corrected chi connectivity index (χ4v) is 4.60. The first kappa shape index (κ1) is 22.4. The maximum absolute atomic E-state index is 12.5. The standard InChI is InChI=1S/C19H17ClIN6O2P/c1-11(23-19(29)17-8-18(12(2)28)27(25-17)30-21)10-26-6-5-16(24-26)13-3-4-14(9-22)15(20)7-13/h3-8,11,30H,10H2,1-2H3,(H,23,29)/t11-/m0/s1. The normalized spacial score (nSPS) is 12.1.